The molecule has 0 aliphatic carbocycles. The molecule has 2 aromatic carbocycles. The van der Waals surface area contributed by atoms with Gasteiger partial charge in [-0.2, -0.15) is 4.98 Å². The highest BCUT2D eigenvalue weighted by atomic mass is 16.5. The quantitative estimate of drug-likeness (QED) is 0.774. The molecule has 128 valence electrons. The fourth-order valence-electron chi connectivity index (χ4n) is 2.37. The van der Waals surface area contributed by atoms with Crippen LogP contribution in [0.1, 0.15) is 29.2 Å². The molecule has 0 aliphatic heterocycles. The standard InChI is InChI=1S/C19H20N4O2/c1-13(20-18(24)15-7-5-4-6-8-15)19-21-17(22-25-19)14-9-11-16(12-10-14)23(2)3/h4-13H,1-3H3,(H,20,24). The molecular weight excluding hydrogens is 316 g/mol. The summed E-state index contributed by atoms with van der Waals surface area (Å²) in [6.45, 7) is 1.81. The second-order valence-electron chi connectivity index (χ2n) is 5.96. The third-order valence-corrected chi connectivity index (χ3v) is 3.84. The number of amides is 1. The van der Waals surface area contributed by atoms with E-state index in [0.29, 0.717) is 17.3 Å². The molecule has 3 aromatic rings. The van der Waals surface area contributed by atoms with E-state index >= 15 is 0 Å². The summed E-state index contributed by atoms with van der Waals surface area (Å²) < 4.78 is 5.31. The zero-order valence-electron chi connectivity index (χ0n) is 14.4. The zero-order chi connectivity index (χ0) is 17.8. The Hall–Kier alpha value is -3.15. The molecule has 1 atom stereocenters. The molecule has 0 bridgehead atoms. The summed E-state index contributed by atoms with van der Waals surface area (Å²) in [5.41, 5.74) is 2.55. The lowest BCUT2D eigenvalue weighted by molar-refractivity contribution is 0.0932. The Morgan fingerprint density at radius 1 is 1.08 bits per heavy atom. The van der Waals surface area contributed by atoms with Gasteiger partial charge < -0.3 is 14.7 Å². The van der Waals surface area contributed by atoms with Crippen LogP contribution in [0.5, 0.6) is 0 Å². The number of carbonyl (C=O) groups excluding carboxylic acids is 1. The van der Waals surface area contributed by atoms with Gasteiger partial charge in [0.1, 0.15) is 6.04 Å². The van der Waals surface area contributed by atoms with Crippen LogP contribution in [0.4, 0.5) is 5.69 Å². The summed E-state index contributed by atoms with van der Waals surface area (Å²) in [6, 6.07) is 16.5. The normalized spacial score (nSPS) is 11.8. The topological polar surface area (TPSA) is 71.3 Å². The highest BCUT2D eigenvalue weighted by molar-refractivity contribution is 5.94. The predicted molar refractivity (Wildman–Crippen MR) is 96.4 cm³/mol. The highest BCUT2D eigenvalue weighted by Gasteiger charge is 2.18. The van der Waals surface area contributed by atoms with E-state index in [-0.39, 0.29) is 11.9 Å². The summed E-state index contributed by atoms with van der Waals surface area (Å²) in [6.07, 6.45) is 0. The van der Waals surface area contributed by atoms with Gasteiger partial charge in [0.05, 0.1) is 0 Å². The summed E-state index contributed by atoms with van der Waals surface area (Å²) in [5.74, 6) is 0.695. The Labute approximate surface area is 146 Å². The predicted octanol–water partition coefficient (Wildman–Crippen LogP) is 3.29. The third kappa shape index (κ3) is 3.85. The Bertz CT molecular complexity index is 841. The molecule has 0 saturated carbocycles. The largest absolute Gasteiger partial charge is 0.378 e. The van der Waals surface area contributed by atoms with E-state index < -0.39 is 0 Å². The van der Waals surface area contributed by atoms with Crippen LogP contribution in [0.2, 0.25) is 0 Å². The molecular formula is C19H20N4O2. The molecule has 1 aromatic heterocycles. The third-order valence-electron chi connectivity index (χ3n) is 3.84. The molecule has 1 N–H and O–H groups in total. The molecule has 1 amide bonds. The van der Waals surface area contributed by atoms with Crippen molar-refractivity contribution in [3.8, 4) is 11.4 Å². The average molecular weight is 336 g/mol. The van der Waals surface area contributed by atoms with E-state index in [0.717, 1.165) is 11.3 Å². The Morgan fingerprint density at radius 2 is 1.76 bits per heavy atom. The van der Waals surface area contributed by atoms with Crippen molar-refractivity contribution >= 4 is 11.6 Å². The van der Waals surface area contributed by atoms with Crippen LogP contribution in [0.3, 0.4) is 0 Å². The first-order chi connectivity index (χ1) is 12.0. The number of hydrogen-bond donors (Lipinski definition) is 1. The van der Waals surface area contributed by atoms with Gasteiger partial charge in [-0.25, -0.2) is 0 Å². The van der Waals surface area contributed by atoms with E-state index in [1.165, 1.54) is 0 Å². The van der Waals surface area contributed by atoms with Crippen molar-refractivity contribution in [2.24, 2.45) is 0 Å². The zero-order valence-corrected chi connectivity index (χ0v) is 14.4. The number of nitrogens with zero attached hydrogens (tertiary/aromatic N) is 3. The Kier molecular flexibility index (Phi) is 4.79. The van der Waals surface area contributed by atoms with E-state index in [4.69, 9.17) is 4.52 Å². The maximum atomic E-state index is 12.2. The fourth-order valence-corrected chi connectivity index (χ4v) is 2.37. The molecule has 3 rings (SSSR count). The number of nitrogens with one attached hydrogen (secondary N) is 1. The van der Waals surface area contributed by atoms with E-state index in [1.807, 2.05) is 68.4 Å². The number of benzene rings is 2. The molecule has 6 nitrogen and oxygen atoms in total. The summed E-state index contributed by atoms with van der Waals surface area (Å²) >= 11 is 0. The summed E-state index contributed by atoms with van der Waals surface area (Å²) in [7, 11) is 3.97. The maximum absolute atomic E-state index is 12.2. The monoisotopic (exact) mass is 336 g/mol. The minimum Gasteiger partial charge on any atom is -0.378 e. The van der Waals surface area contributed by atoms with Gasteiger partial charge in [-0.3, -0.25) is 4.79 Å². The fraction of sp³-hybridized carbons (Fsp3) is 0.211. The molecule has 0 fully saturated rings. The van der Waals surface area contributed by atoms with Gasteiger partial charge in [-0.05, 0) is 43.3 Å². The maximum Gasteiger partial charge on any atom is 0.251 e. The van der Waals surface area contributed by atoms with Crippen LogP contribution in [0.25, 0.3) is 11.4 Å². The summed E-state index contributed by atoms with van der Waals surface area (Å²) in [5, 5.41) is 6.87. The second kappa shape index (κ2) is 7.17. The van der Waals surface area contributed by atoms with Crippen LogP contribution in [-0.2, 0) is 0 Å². The van der Waals surface area contributed by atoms with Crippen LogP contribution < -0.4 is 10.2 Å². The van der Waals surface area contributed by atoms with Gasteiger partial charge in [0.15, 0.2) is 0 Å². The van der Waals surface area contributed by atoms with E-state index in [1.54, 1.807) is 12.1 Å². The van der Waals surface area contributed by atoms with Crippen LogP contribution in [0, 0.1) is 0 Å². The van der Waals surface area contributed by atoms with Crippen molar-refractivity contribution in [2.45, 2.75) is 13.0 Å². The number of rotatable bonds is 5. The van der Waals surface area contributed by atoms with Crippen LogP contribution in [-0.4, -0.2) is 30.1 Å². The van der Waals surface area contributed by atoms with Crippen molar-refractivity contribution in [2.75, 3.05) is 19.0 Å². The molecule has 25 heavy (non-hydrogen) atoms. The van der Waals surface area contributed by atoms with Gasteiger partial charge >= 0.3 is 0 Å². The molecule has 1 heterocycles. The molecule has 6 heteroatoms. The summed E-state index contributed by atoms with van der Waals surface area (Å²) in [4.78, 5) is 18.6. The van der Waals surface area contributed by atoms with Crippen molar-refractivity contribution in [1.29, 1.82) is 0 Å². The Morgan fingerprint density at radius 3 is 2.40 bits per heavy atom. The van der Waals surface area contributed by atoms with Gasteiger partial charge in [-0.15, -0.1) is 0 Å². The SMILES string of the molecule is CC(NC(=O)c1ccccc1)c1nc(-c2ccc(N(C)C)cc2)no1. The van der Waals surface area contributed by atoms with Gasteiger partial charge in [-0.1, -0.05) is 23.4 Å². The first kappa shape index (κ1) is 16.7. The minimum absolute atomic E-state index is 0.178. The smallest absolute Gasteiger partial charge is 0.251 e. The van der Waals surface area contributed by atoms with Crippen LogP contribution >= 0.6 is 0 Å². The van der Waals surface area contributed by atoms with E-state index in [2.05, 4.69) is 15.5 Å². The number of anilines is 1. The first-order valence-electron chi connectivity index (χ1n) is 8.02. The van der Waals surface area contributed by atoms with Gasteiger partial charge in [0, 0.05) is 30.9 Å². The lowest BCUT2D eigenvalue weighted by Crippen LogP contribution is -2.26. The number of carbonyl (C=O) groups is 1. The van der Waals surface area contributed by atoms with Gasteiger partial charge in [0.25, 0.3) is 5.91 Å². The molecule has 0 saturated heterocycles. The lowest BCUT2D eigenvalue weighted by Gasteiger charge is -2.11. The van der Waals surface area contributed by atoms with Crippen molar-refractivity contribution < 1.29 is 9.32 Å². The minimum atomic E-state index is -0.380. The van der Waals surface area contributed by atoms with Crippen molar-refractivity contribution in [3.63, 3.8) is 0 Å². The first-order valence-corrected chi connectivity index (χ1v) is 8.02. The molecule has 0 radical (unpaired) electrons. The van der Waals surface area contributed by atoms with Crippen LogP contribution in [0.15, 0.2) is 59.1 Å². The Balaban J connectivity index is 1.71. The highest BCUT2D eigenvalue weighted by Crippen LogP contribution is 2.21. The average Bonchev–Trinajstić information content (AvgIpc) is 3.13. The lowest BCUT2D eigenvalue weighted by atomic mass is 10.2. The second-order valence-corrected chi connectivity index (χ2v) is 5.96. The van der Waals surface area contributed by atoms with Crippen molar-refractivity contribution in [1.82, 2.24) is 15.5 Å². The number of hydrogen-bond acceptors (Lipinski definition) is 5. The molecule has 0 aliphatic rings. The van der Waals surface area contributed by atoms with Gasteiger partial charge in [0.2, 0.25) is 11.7 Å². The molecule has 0 spiro atoms. The molecule has 1 unspecified atom stereocenters. The van der Waals surface area contributed by atoms with Crippen molar-refractivity contribution in [3.05, 3.63) is 66.1 Å². The number of aromatic nitrogens is 2. The van der Waals surface area contributed by atoms with E-state index in [9.17, 15) is 4.79 Å².